The van der Waals surface area contributed by atoms with Crippen LogP contribution in [0.4, 0.5) is 14.5 Å². The fraction of sp³-hybridized carbons (Fsp3) is 0.400. The van der Waals surface area contributed by atoms with Crippen LogP contribution in [-0.4, -0.2) is 13.2 Å². The molecular weight excluding hydrogens is 188 g/mol. The first-order valence-corrected chi connectivity index (χ1v) is 4.34. The number of methoxy groups -OCH3 is 1. The SMILES string of the molecule is COc1c(F)cc(F)cc1NC(C)C. The molecule has 0 bridgehead atoms. The second kappa shape index (κ2) is 4.26. The third-order valence-electron chi connectivity index (χ3n) is 1.66. The molecule has 4 heteroatoms. The van der Waals surface area contributed by atoms with Crippen LogP contribution in [0.1, 0.15) is 13.8 Å². The molecule has 78 valence electrons. The van der Waals surface area contributed by atoms with Crippen LogP contribution >= 0.6 is 0 Å². The highest BCUT2D eigenvalue weighted by atomic mass is 19.1. The van der Waals surface area contributed by atoms with E-state index in [1.165, 1.54) is 13.2 Å². The monoisotopic (exact) mass is 201 g/mol. The van der Waals surface area contributed by atoms with Crippen molar-refractivity contribution in [3.63, 3.8) is 0 Å². The number of ether oxygens (including phenoxy) is 1. The average molecular weight is 201 g/mol. The predicted octanol–water partition coefficient (Wildman–Crippen LogP) is 2.79. The van der Waals surface area contributed by atoms with Crippen molar-refractivity contribution in [2.75, 3.05) is 12.4 Å². The maximum absolute atomic E-state index is 13.2. The van der Waals surface area contributed by atoms with Gasteiger partial charge in [-0.15, -0.1) is 0 Å². The van der Waals surface area contributed by atoms with Crippen molar-refractivity contribution in [1.29, 1.82) is 0 Å². The lowest BCUT2D eigenvalue weighted by Gasteiger charge is -2.14. The van der Waals surface area contributed by atoms with E-state index in [9.17, 15) is 8.78 Å². The van der Waals surface area contributed by atoms with Crippen LogP contribution < -0.4 is 10.1 Å². The molecule has 0 spiro atoms. The summed E-state index contributed by atoms with van der Waals surface area (Å²) in [5.41, 5.74) is 0.333. The van der Waals surface area contributed by atoms with Crippen LogP contribution in [0.25, 0.3) is 0 Å². The zero-order valence-electron chi connectivity index (χ0n) is 8.40. The zero-order valence-corrected chi connectivity index (χ0v) is 8.40. The van der Waals surface area contributed by atoms with Gasteiger partial charge in [0.25, 0.3) is 0 Å². The van der Waals surface area contributed by atoms with E-state index in [0.717, 1.165) is 6.07 Å². The topological polar surface area (TPSA) is 21.3 Å². The molecule has 1 aromatic rings. The molecule has 0 saturated heterocycles. The summed E-state index contributed by atoms with van der Waals surface area (Å²) in [6, 6.07) is 2.09. The van der Waals surface area contributed by atoms with Gasteiger partial charge in [0, 0.05) is 18.2 Å². The Labute approximate surface area is 81.9 Å². The largest absolute Gasteiger partial charge is 0.492 e. The van der Waals surface area contributed by atoms with E-state index >= 15 is 0 Å². The number of hydrogen-bond acceptors (Lipinski definition) is 2. The van der Waals surface area contributed by atoms with Gasteiger partial charge in [0.1, 0.15) is 5.82 Å². The minimum Gasteiger partial charge on any atom is -0.492 e. The van der Waals surface area contributed by atoms with Gasteiger partial charge in [0.05, 0.1) is 12.8 Å². The van der Waals surface area contributed by atoms with Gasteiger partial charge in [-0.25, -0.2) is 8.78 Å². The summed E-state index contributed by atoms with van der Waals surface area (Å²) < 4.78 is 30.8. The fourth-order valence-electron chi connectivity index (χ4n) is 1.19. The molecule has 0 aliphatic rings. The number of benzene rings is 1. The van der Waals surface area contributed by atoms with Crippen LogP contribution in [-0.2, 0) is 0 Å². The van der Waals surface area contributed by atoms with Gasteiger partial charge in [-0.3, -0.25) is 0 Å². The Kier molecular flexibility index (Phi) is 3.28. The number of halogens is 2. The number of nitrogens with one attached hydrogen (secondary N) is 1. The number of hydrogen-bond donors (Lipinski definition) is 1. The van der Waals surface area contributed by atoms with Gasteiger partial charge >= 0.3 is 0 Å². The first-order valence-electron chi connectivity index (χ1n) is 4.34. The highest BCUT2D eigenvalue weighted by molar-refractivity contribution is 5.57. The van der Waals surface area contributed by atoms with Crippen molar-refractivity contribution in [3.8, 4) is 5.75 Å². The Hall–Kier alpha value is -1.32. The molecule has 0 aliphatic carbocycles. The molecule has 0 aromatic heterocycles. The molecule has 0 fully saturated rings. The Morgan fingerprint density at radius 3 is 2.43 bits per heavy atom. The molecule has 0 heterocycles. The second-order valence-electron chi connectivity index (χ2n) is 3.27. The average Bonchev–Trinajstić information content (AvgIpc) is 2.01. The normalized spacial score (nSPS) is 10.4. The molecule has 0 atom stereocenters. The van der Waals surface area contributed by atoms with Gasteiger partial charge in [-0.2, -0.15) is 0 Å². The summed E-state index contributed by atoms with van der Waals surface area (Å²) >= 11 is 0. The molecule has 0 radical (unpaired) electrons. The zero-order chi connectivity index (χ0) is 10.7. The molecule has 0 unspecified atom stereocenters. The number of rotatable bonds is 3. The van der Waals surface area contributed by atoms with Crippen molar-refractivity contribution in [2.24, 2.45) is 0 Å². The second-order valence-corrected chi connectivity index (χ2v) is 3.27. The van der Waals surface area contributed by atoms with Gasteiger partial charge in [-0.05, 0) is 13.8 Å². The van der Waals surface area contributed by atoms with E-state index < -0.39 is 11.6 Å². The van der Waals surface area contributed by atoms with Gasteiger partial charge in [-0.1, -0.05) is 0 Å². The summed E-state index contributed by atoms with van der Waals surface area (Å²) in [5, 5.41) is 2.90. The minimum absolute atomic E-state index is 0.0418. The molecule has 14 heavy (non-hydrogen) atoms. The fourth-order valence-corrected chi connectivity index (χ4v) is 1.19. The van der Waals surface area contributed by atoms with E-state index in [1.807, 2.05) is 13.8 Å². The highest BCUT2D eigenvalue weighted by Gasteiger charge is 2.12. The van der Waals surface area contributed by atoms with Crippen molar-refractivity contribution < 1.29 is 13.5 Å². The highest BCUT2D eigenvalue weighted by Crippen LogP contribution is 2.29. The van der Waals surface area contributed by atoms with E-state index in [0.29, 0.717) is 5.69 Å². The quantitative estimate of drug-likeness (QED) is 0.811. The first-order chi connectivity index (χ1) is 6.54. The Morgan fingerprint density at radius 1 is 1.29 bits per heavy atom. The van der Waals surface area contributed by atoms with Crippen molar-refractivity contribution >= 4 is 5.69 Å². The molecule has 0 amide bonds. The van der Waals surface area contributed by atoms with E-state index in [2.05, 4.69) is 5.32 Å². The van der Waals surface area contributed by atoms with Crippen molar-refractivity contribution in [2.45, 2.75) is 19.9 Å². The summed E-state index contributed by atoms with van der Waals surface area (Å²) in [6.07, 6.45) is 0. The summed E-state index contributed by atoms with van der Waals surface area (Å²) in [6.45, 7) is 3.75. The van der Waals surface area contributed by atoms with Crippen molar-refractivity contribution in [3.05, 3.63) is 23.8 Å². The molecule has 1 rings (SSSR count). The summed E-state index contributed by atoms with van der Waals surface area (Å²) in [5.74, 6) is -1.28. The maximum atomic E-state index is 13.2. The molecular formula is C10H13F2NO. The van der Waals surface area contributed by atoms with Crippen LogP contribution in [0.2, 0.25) is 0 Å². The molecule has 0 aliphatic heterocycles. The lowest BCUT2D eigenvalue weighted by molar-refractivity contribution is 0.385. The predicted molar refractivity (Wildman–Crippen MR) is 51.7 cm³/mol. The lowest BCUT2D eigenvalue weighted by Crippen LogP contribution is -2.11. The van der Waals surface area contributed by atoms with Crippen LogP contribution in [0, 0.1) is 11.6 Å². The Bertz CT molecular complexity index is 326. The molecule has 1 aromatic carbocycles. The summed E-state index contributed by atoms with van der Waals surface area (Å²) in [7, 11) is 1.35. The van der Waals surface area contributed by atoms with Gasteiger partial charge in [0.15, 0.2) is 11.6 Å². The first kappa shape index (κ1) is 10.8. The van der Waals surface area contributed by atoms with Crippen LogP contribution in [0.15, 0.2) is 12.1 Å². The summed E-state index contributed by atoms with van der Waals surface area (Å²) in [4.78, 5) is 0. The Morgan fingerprint density at radius 2 is 1.93 bits per heavy atom. The molecule has 0 saturated carbocycles. The molecule has 1 N–H and O–H groups in total. The van der Waals surface area contributed by atoms with E-state index in [1.54, 1.807) is 0 Å². The molecule has 2 nitrogen and oxygen atoms in total. The third-order valence-corrected chi connectivity index (χ3v) is 1.66. The smallest absolute Gasteiger partial charge is 0.177 e. The van der Waals surface area contributed by atoms with E-state index in [-0.39, 0.29) is 11.8 Å². The Balaban J connectivity index is 3.11. The van der Waals surface area contributed by atoms with E-state index in [4.69, 9.17) is 4.74 Å². The lowest BCUT2D eigenvalue weighted by atomic mass is 10.2. The maximum Gasteiger partial charge on any atom is 0.177 e. The van der Waals surface area contributed by atoms with Gasteiger partial charge in [0.2, 0.25) is 0 Å². The van der Waals surface area contributed by atoms with Crippen LogP contribution in [0.3, 0.4) is 0 Å². The van der Waals surface area contributed by atoms with Gasteiger partial charge < -0.3 is 10.1 Å². The van der Waals surface area contributed by atoms with Crippen LogP contribution in [0.5, 0.6) is 5.75 Å². The minimum atomic E-state index is -0.698. The standard InChI is InChI=1S/C10H13F2NO/c1-6(2)13-9-5-7(11)4-8(12)10(9)14-3/h4-6,13H,1-3H3. The number of anilines is 1. The third kappa shape index (κ3) is 2.34. The van der Waals surface area contributed by atoms with Crippen molar-refractivity contribution in [1.82, 2.24) is 0 Å².